The highest BCUT2D eigenvalue weighted by atomic mass is 16.7. The summed E-state index contributed by atoms with van der Waals surface area (Å²) >= 11 is 0. The average molecular weight is 817 g/mol. The number of esters is 1. The molecule has 5 heterocycles. The monoisotopic (exact) mass is 816 g/mol. The first-order valence-electron chi connectivity index (χ1n) is 20.9. The number of pyridine rings is 1. The molecule has 15 nitrogen and oxygen atoms in total. The molecular formula is C43H68N4O11. The van der Waals surface area contributed by atoms with E-state index in [1.54, 1.807) is 45.0 Å². The number of ether oxygens (including phenoxy) is 6. The predicted molar refractivity (Wildman–Crippen MR) is 213 cm³/mol. The van der Waals surface area contributed by atoms with Crippen molar-refractivity contribution in [3.63, 3.8) is 0 Å². The summed E-state index contributed by atoms with van der Waals surface area (Å²) in [6, 6.07) is 2.31. The lowest BCUT2D eigenvalue weighted by molar-refractivity contribution is -0.301. The van der Waals surface area contributed by atoms with Crippen LogP contribution in [0.15, 0.2) is 24.5 Å². The van der Waals surface area contributed by atoms with Gasteiger partial charge in [-0.1, -0.05) is 47.6 Å². The van der Waals surface area contributed by atoms with E-state index >= 15 is 0 Å². The number of carbonyl (C=O) groups is 4. The van der Waals surface area contributed by atoms with Crippen LogP contribution in [0.1, 0.15) is 107 Å². The third-order valence-corrected chi connectivity index (χ3v) is 13.4. The minimum atomic E-state index is -1.39. The second kappa shape index (κ2) is 17.7. The number of rotatable bonds is 7. The minimum Gasteiger partial charge on any atom is -0.458 e. The first-order valence-corrected chi connectivity index (χ1v) is 20.9. The second-order valence-corrected chi connectivity index (χ2v) is 18.8. The maximum Gasteiger partial charge on any atom is 0.410 e. The number of methoxy groups -OCH3 is 1. The molecule has 4 saturated heterocycles. The second-order valence-electron chi connectivity index (χ2n) is 18.8. The molecule has 4 aliphatic heterocycles. The molecule has 15 atom stereocenters. The number of nitrogens with one attached hydrogen (secondary N) is 1. The van der Waals surface area contributed by atoms with Crippen molar-refractivity contribution in [2.24, 2.45) is 29.1 Å². The van der Waals surface area contributed by atoms with Crippen molar-refractivity contribution in [1.29, 1.82) is 0 Å². The first kappa shape index (κ1) is 45.7. The van der Waals surface area contributed by atoms with Gasteiger partial charge in [-0.2, -0.15) is 0 Å². The fourth-order valence-corrected chi connectivity index (χ4v) is 10.1. The van der Waals surface area contributed by atoms with Crippen LogP contribution in [0.3, 0.4) is 0 Å². The van der Waals surface area contributed by atoms with Gasteiger partial charge in [0.05, 0.1) is 35.8 Å². The summed E-state index contributed by atoms with van der Waals surface area (Å²) in [5.74, 6) is -4.13. The van der Waals surface area contributed by atoms with Crippen LogP contribution >= 0.6 is 0 Å². The maximum atomic E-state index is 14.7. The largest absolute Gasteiger partial charge is 0.458 e. The van der Waals surface area contributed by atoms with Crippen molar-refractivity contribution < 1.29 is 52.7 Å². The van der Waals surface area contributed by atoms with Gasteiger partial charge in [-0.15, -0.1) is 0 Å². The Labute approximate surface area is 344 Å². The Balaban J connectivity index is 1.63. The number of cyclic esters (lactones) is 1. The van der Waals surface area contributed by atoms with E-state index in [0.29, 0.717) is 19.4 Å². The molecule has 0 aromatic carbocycles. The molecule has 326 valence electrons. The number of carbonyl (C=O) groups excluding carboxylic acids is 4. The van der Waals surface area contributed by atoms with Crippen molar-refractivity contribution in [3.8, 4) is 0 Å². The molecule has 0 bridgehead atoms. The van der Waals surface area contributed by atoms with Crippen LogP contribution in [0, 0.1) is 29.1 Å². The fraction of sp³-hybridized carbons (Fsp3) is 0.791. The standard InChI is InChI=1S/C43H68N4O11/c1-14-31-43(10)35(45-39(51)58-43)25(4)32(48)23(2)19-42(9,53-13)36(57-38-33(49)29(46(11)12)18-24(3)54-38)26(5)34(27(6)37(50)55-31)56-40(52)47-22-41(7,8)20-30(47)28-16-15-17-44-21-28/h15-17,21,23-27,29-31,33-36,38,49H,14,18-20,22H2,1-13H3,(H,45,51)/t23-,24-,25+,26+,27-,29+,30-,31-,33-,34+,35+,36-,38+,42-,43-/m1/s1. The lowest BCUT2D eigenvalue weighted by atomic mass is 9.73. The van der Waals surface area contributed by atoms with Crippen molar-refractivity contribution in [2.45, 2.75) is 161 Å². The Hall–Kier alpha value is -3.37. The third kappa shape index (κ3) is 9.18. The normalized spacial score (nSPS) is 41.3. The van der Waals surface area contributed by atoms with E-state index in [1.165, 1.54) is 7.11 Å². The molecule has 1 aromatic rings. The highest BCUT2D eigenvalue weighted by molar-refractivity contribution is 5.85. The van der Waals surface area contributed by atoms with Crippen LogP contribution in [0.5, 0.6) is 0 Å². The third-order valence-electron chi connectivity index (χ3n) is 13.4. The molecule has 0 spiro atoms. The van der Waals surface area contributed by atoms with E-state index in [2.05, 4.69) is 24.1 Å². The Morgan fingerprint density at radius 2 is 1.76 bits per heavy atom. The molecule has 4 fully saturated rings. The number of hydrogen-bond acceptors (Lipinski definition) is 13. The Bertz CT molecular complexity index is 1630. The van der Waals surface area contributed by atoms with E-state index in [4.69, 9.17) is 28.4 Å². The molecule has 2 N–H and O–H groups in total. The van der Waals surface area contributed by atoms with Gasteiger partial charge in [0.1, 0.15) is 24.1 Å². The van der Waals surface area contributed by atoms with Crippen molar-refractivity contribution >= 4 is 23.9 Å². The first-order chi connectivity index (χ1) is 27.1. The summed E-state index contributed by atoms with van der Waals surface area (Å²) in [6.07, 6.45) is -1.92. The molecule has 0 unspecified atom stereocenters. The summed E-state index contributed by atoms with van der Waals surface area (Å²) in [5.41, 5.74) is -2.05. The van der Waals surface area contributed by atoms with Crippen LogP contribution in [0.2, 0.25) is 0 Å². The van der Waals surface area contributed by atoms with Gasteiger partial charge >= 0.3 is 18.2 Å². The fourth-order valence-electron chi connectivity index (χ4n) is 10.1. The highest BCUT2D eigenvalue weighted by Crippen LogP contribution is 2.45. The summed E-state index contributed by atoms with van der Waals surface area (Å²) in [7, 11) is 5.29. The Morgan fingerprint density at radius 3 is 2.36 bits per heavy atom. The van der Waals surface area contributed by atoms with Gasteiger partial charge in [0.2, 0.25) is 0 Å². The highest BCUT2D eigenvalue weighted by Gasteiger charge is 2.58. The van der Waals surface area contributed by atoms with Crippen molar-refractivity contribution in [2.75, 3.05) is 27.7 Å². The summed E-state index contributed by atoms with van der Waals surface area (Å²) < 4.78 is 38.2. The quantitative estimate of drug-likeness (QED) is 0.269. The van der Waals surface area contributed by atoms with Gasteiger partial charge in [-0.3, -0.25) is 14.6 Å². The molecule has 4 aliphatic rings. The molecule has 0 radical (unpaired) electrons. The Kier molecular flexibility index (Phi) is 13.9. The maximum absolute atomic E-state index is 14.7. The van der Waals surface area contributed by atoms with Gasteiger partial charge in [0, 0.05) is 49.8 Å². The molecular weight excluding hydrogens is 748 g/mol. The Morgan fingerprint density at radius 1 is 1.07 bits per heavy atom. The number of fused-ring (bicyclic) bond motifs is 1. The van der Waals surface area contributed by atoms with Gasteiger partial charge in [0.25, 0.3) is 0 Å². The number of alkyl carbamates (subject to hydrolysis) is 1. The van der Waals surface area contributed by atoms with Crippen LogP contribution in [-0.4, -0.2) is 132 Å². The van der Waals surface area contributed by atoms with Gasteiger partial charge in [-0.05, 0) is 84.5 Å². The summed E-state index contributed by atoms with van der Waals surface area (Å²) in [6.45, 7) is 18.8. The van der Waals surface area contributed by atoms with Crippen LogP contribution < -0.4 is 5.32 Å². The molecule has 0 saturated carbocycles. The summed E-state index contributed by atoms with van der Waals surface area (Å²) in [4.78, 5) is 64.4. The van der Waals surface area contributed by atoms with E-state index in [1.807, 2.05) is 58.8 Å². The number of likely N-dealkylation sites (N-methyl/N-ethyl adjacent to an activating group) is 1. The van der Waals surface area contributed by atoms with Crippen molar-refractivity contribution in [3.05, 3.63) is 30.1 Å². The zero-order valence-corrected chi connectivity index (χ0v) is 36.7. The lowest BCUT2D eigenvalue weighted by Crippen LogP contribution is -2.61. The lowest BCUT2D eigenvalue weighted by Gasteiger charge is -2.48. The van der Waals surface area contributed by atoms with E-state index in [9.17, 15) is 24.3 Å². The molecule has 58 heavy (non-hydrogen) atoms. The predicted octanol–water partition coefficient (Wildman–Crippen LogP) is 5.28. The number of nitrogens with zero attached hydrogens (tertiary/aromatic N) is 3. The molecule has 15 heteroatoms. The number of Topliss-reactive ketones (excluding diaryl/α,β-unsaturated/α-hetero) is 1. The number of aliphatic hydroxyl groups excluding tert-OH is 1. The molecule has 0 aliphatic carbocycles. The minimum absolute atomic E-state index is 0.134. The van der Waals surface area contributed by atoms with Crippen LogP contribution in [0.4, 0.5) is 9.59 Å². The van der Waals surface area contributed by atoms with E-state index in [-0.39, 0.29) is 42.2 Å². The van der Waals surface area contributed by atoms with E-state index in [0.717, 1.165) is 5.56 Å². The van der Waals surface area contributed by atoms with E-state index < -0.39 is 89.8 Å². The topological polar surface area (TPSA) is 175 Å². The number of likely N-dealkylation sites (tertiary alicyclic amines) is 1. The zero-order valence-electron chi connectivity index (χ0n) is 36.7. The van der Waals surface area contributed by atoms with Gasteiger partial charge in [0.15, 0.2) is 11.9 Å². The van der Waals surface area contributed by atoms with Gasteiger partial charge in [-0.25, -0.2) is 9.59 Å². The zero-order chi connectivity index (χ0) is 43.1. The smallest absolute Gasteiger partial charge is 0.410 e. The SMILES string of the molecule is CC[C@H]1OC(=O)[C@H](C)[C@@H](OC(=O)N2CC(C)(C)C[C@@H]2c2cccnc2)[C@H](C)[C@@H](O[C@@H]2O[C@H](C)C[C@H](N(C)C)[C@H]2O)[C@](C)(OC)C[C@@H](C)C(=O)[C@H](C)[C@@H]2NC(=O)O[C@]12C. The van der Waals surface area contributed by atoms with Crippen LogP contribution in [-0.2, 0) is 38.0 Å². The number of hydrogen-bond donors (Lipinski definition) is 2. The number of aliphatic hydroxyl groups is 1. The number of ketones is 1. The van der Waals surface area contributed by atoms with Gasteiger partial charge < -0.3 is 48.6 Å². The molecule has 2 amide bonds. The number of aromatic nitrogens is 1. The van der Waals surface area contributed by atoms with Crippen molar-refractivity contribution in [1.82, 2.24) is 20.1 Å². The molecule has 1 aromatic heterocycles. The average Bonchev–Trinajstić information content (AvgIpc) is 3.68. The summed E-state index contributed by atoms with van der Waals surface area (Å²) in [5, 5.41) is 14.5. The van der Waals surface area contributed by atoms with Crippen LogP contribution in [0.25, 0.3) is 0 Å². The molecule has 5 rings (SSSR count). The number of amides is 2.